The van der Waals surface area contributed by atoms with Crippen LogP contribution in [0, 0.1) is 0 Å². The quantitative estimate of drug-likeness (QED) is 0.201. The molecule has 0 unspecified atom stereocenters. The second-order valence-corrected chi connectivity index (χ2v) is 11.3. The Bertz CT molecular complexity index is 2440. The Hall–Kier alpha value is -5.66. The van der Waals surface area contributed by atoms with Crippen molar-refractivity contribution in [2.45, 2.75) is 0 Å². The topological polar surface area (TPSA) is 13.1 Å². The van der Waals surface area contributed by atoms with Crippen LogP contribution in [0.5, 0.6) is 0 Å². The molecule has 0 atom stereocenters. The molecule has 1 heteroatoms. The van der Waals surface area contributed by atoms with Gasteiger partial charge in [0, 0.05) is 10.8 Å². The molecule has 1 heterocycles. The van der Waals surface area contributed by atoms with Gasteiger partial charge in [-0.1, -0.05) is 133 Å². The van der Waals surface area contributed by atoms with Crippen LogP contribution in [0.4, 0.5) is 0 Å². The van der Waals surface area contributed by atoms with E-state index in [2.05, 4.69) is 146 Å². The van der Waals surface area contributed by atoms with E-state index in [9.17, 15) is 0 Å². The van der Waals surface area contributed by atoms with E-state index < -0.39 is 0 Å². The first-order valence-corrected chi connectivity index (χ1v) is 14.8. The molecule has 0 bridgehead atoms. The summed E-state index contributed by atoms with van der Waals surface area (Å²) >= 11 is 0. The summed E-state index contributed by atoms with van der Waals surface area (Å²) in [6.45, 7) is 0. The van der Waals surface area contributed by atoms with E-state index in [1.165, 1.54) is 71.1 Å². The van der Waals surface area contributed by atoms with Crippen LogP contribution in [0.3, 0.4) is 0 Å². The second kappa shape index (κ2) is 9.44. The lowest BCUT2D eigenvalue weighted by Gasteiger charge is -2.18. The molecule has 0 N–H and O–H groups in total. The smallest absolute Gasteiger partial charge is 0.136 e. The number of hydrogen-bond donors (Lipinski definition) is 0. The van der Waals surface area contributed by atoms with Crippen LogP contribution in [0.2, 0.25) is 0 Å². The predicted molar refractivity (Wildman–Crippen MR) is 183 cm³/mol. The summed E-state index contributed by atoms with van der Waals surface area (Å²) in [5.41, 5.74) is 9.31. The van der Waals surface area contributed by atoms with Crippen LogP contribution in [-0.2, 0) is 0 Å². The SMILES string of the molecule is c1ccc(-c2cccc(-c3c4ccccc4c(-c4ccc5c(ccc6oc7ccccc7c65)c4)c4ccccc34)c2)cc1. The number of para-hydroxylation sites is 1. The van der Waals surface area contributed by atoms with Crippen molar-refractivity contribution >= 4 is 54.3 Å². The normalized spacial score (nSPS) is 11.7. The maximum atomic E-state index is 6.18. The van der Waals surface area contributed by atoms with Gasteiger partial charge in [0.15, 0.2) is 0 Å². The van der Waals surface area contributed by atoms with Crippen molar-refractivity contribution in [3.05, 3.63) is 158 Å². The molecule has 0 saturated heterocycles. The molecule has 200 valence electrons. The van der Waals surface area contributed by atoms with Gasteiger partial charge in [-0.25, -0.2) is 0 Å². The van der Waals surface area contributed by atoms with E-state index in [4.69, 9.17) is 4.42 Å². The molecule has 0 aliphatic heterocycles. The molecule has 0 aliphatic carbocycles. The highest BCUT2D eigenvalue weighted by Crippen LogP contribution is 2.45. The van der Waals surface area contributed by atoms with Crippen LogP contribution in [0.15, 0.2) is 162 Å². The van der Waals surface area contributed by atoms with Crippen molar-refractivity contribution in [2.75, 3.05) is 0 Å². The third-order valence-corrected chi connectivity index (χ3v) is 8.84. The number of hydrogen-bond acceptors (Lipinski definition) is 1. The lowest BCUT2D eigenvalue weighted by Crippen LogP contribution is -1.91. The van der Waals surface area contributed by atoms with Gasteiger partial charge in [-0.15, -0.1) is 0 Å². The molecular formula is C42H26O. The highest BCUT2D eigenvalue weighted by atomic mass is 16.3. The molecular weight excluding hydrogens is 520 g/mol. The third kappa shape index (κ3) is 3.72. The Labute approximate surface area is 249 Å². The van der Waals surface area contributed by atoms with Crippen molar-refractivity contribution in [1.29, 1.82) is 0 Å². The Morgan fingerprint density at radius 1 is 0.302 bits per heavy atom. The summed E-state index contributed by atoms with van der Waals surface area (Å²) in [4.78, 5) is 0. The first-order valence-electron chi connectivity index (χ1n) is 14.8. The maximum Gasteiger partial charge on any atom is 0.136 e. The van der Waals surface area contributed by atoms with E-state index in [0.29, 0.717) is 0 Å². The van der Waals surface area contributed by atoms with Gasteiger partial charge in [0.1, 0.15) is 11.2 Å². The number of fused-ring (bicyclic) bond motifs is 7. The second-order valence-electron chi connectivity index (χ2n) is 11.3. The largest absolute Gasteiger partial charge is 0.456 e. The highest BCUT2D eigenvalue weighted by molar-refractivity contribution is 6.23. The molecule has 43 heavy (non-hydrogen) atoms. The van der Waals surface area contributed by atoms with Crippen LogP contribution < -0.4 is 0 Å². The average molecular weight is 547 g/mol. The monoisotopic (exact) mass is 546 g/mol. The van der Waals surface area contributed by atoms with Crippen LogP contribution in [0.25, 0.3) is 87.6 Å². The lowest BCUT2D eigenvalue weighted by atomic mass is 9.85. The van der Waals surface area contributed by atoms with Gasteiger partial charge < -0.3 is 4.42 Å². The van der Waals surface area contributed by atoms with E-state index in [-0.39, 0.29) is 0 Å². The molecule has 0 fully saturated rings. The molecule has 0 radical (unpaired) electrons. The number of furan rings is 1. The molecule has 0 aliphatic rings. The Balaban J connectivity index is 1.32. The summed E-state index contributed by atoms with van der Waals surface area (Å²) in [5.74, 6) is 0. The summed E-state index contributed by atoms with van der Waals surface area (Å²) < 4.78 is 6.18. The minimum Gasteiger partial charge on any atom is -0.456 e. The molecule has 9 aromatic rings. The maximum absolute atomic E-state index is 6.18. The fourth-order valence-electron chi connectivity index (χ4n) is 6.94. The standard InChI is InChI=1S/C42H26O/c1-2-11-27(12-3-1)28-13-10-14-30(25-28)40-33-15-4-6-17-35(33)41(36-18-7-5-16-34(36)40)31-21-23-32-29(26-31)22-24-39-42(32)37-19-8-9-20-38(37)43-39/h1-26H. The van der Waals surface area contributed by atoms with Gasteiger partial charge in [-0.05, 0) is 90.0 Å². The summed E-state index contributed by atoms with van der Waals surface area (Å²) in [7, 11) is 0. The minimum atomic E-state index is 0.929. The molecule has 8 aromatic carbocycles. The molecule has 9 rings (SSSR count). The minimum absolute atomic E-state index is 0.929. The van der Waals surface area contributed by atoms with Crippen molar-refractivity contribution in [1.82, 2.24) is 0 Å². The van der Waals surface area contributed by atoms with Crippen molar-refractivity contribution in [3.8, 4) is 33.4 Å². The first kappa shape index (κ1) is 24.0. The fourth-order valence-corrected chi connectivity index (χ4v) is 6.94. The highest BCUT2D eigenvalue weighted by Gasteiger charge is 2.18. The summed E-state index contributed by atoms with van der Waals surface area (Å²) in [5, 5.41) is 9.82. The van der Waals surface area contributed by atoms with Gasteiger partial charge in [-0.3, -0.25) is 0 Å². The van der Waals surface area contributed by atoms with E-state index >= 15 is 0 Å². The zero-order valence-electron chi connectivity index (χ0n) is 23.4. The van der Waals surface area contributed by atoms with E-state index in [1.54, 1.807) is 0 Å². The van der Waals surface area contributed by atoms with Crippen molar-refractivity contribution < 1.29 is 4.42 Å². The molecule has 1 aromatic heterocycles. The Morgan fingerprint density at radius 3 is 1.56 bits per heavy atom. The Morgan fingerprint density at radius 2 is 0.860 bits per heavy atom. The molecule has 0 amide bonds. The molecule has 0 saturated carbocycles. The van der Waals surface area contributed by atoms with Crippen LogP contribution in [-0.4, -0.2) is 0 Å². The van der Waals surface area contributed by atoms with Gasteiger partial charge in [0.05, 0.1) is 0 Å². The molecule has 1 nitrogen and oxygen atoms in total. The first-order chi connectivity index (χ1) is 21.3. The van der Waals surface area contributed by atoms with Crippen molar-refractivity contribution in [2.24, 2.45) is 0 Å². The third-order valence-electron chi connectivity index (χ3n) is 8.84. The van der Waals surface area contributed by atoms with E-state index in [1.807, 2.05) is 12.1 Å². The summed E-state index contributed by atoms with van der Waals surface area (Å²) in [6.07, 6.45) is 0. The number of rotatable bonds is 3. The van der Waals surface area contributed by atoms with Crippen molar-refractivity contribution in [3.63, 3.8) is 0 Å². The number of benzene rings is 8. The van der Waals surface area contributed by atoms with Gasteiger partial charge >= 0.3 is 0 Å². The Kier molecular flexibility index (Phi) is 5.27. The van der Waals surface area contributed by atoms with Crippen LogP contribution in [0.1, 0.15) is 0 Å². The van der Waals surface area contributed by atoms with Crippen LogP contribution >= 0.6 is 0 Å². The zero-order chi connectivity index (χ0) is 28.3. The fraction of sp³-hybridized carbons (Fsp3) is 0. The lowest BCUT2D eigenvalue weighted by molar-refractivity contribution is 0.669. The molecule has 0 spiro atoms. The average Bonchev–Trinajstić information content (AvgIpc) is 3.46. The van der Waals surface area contributed by atoms with E-state index in [0.717, 1.165) is 16.6 Å². The zero-order valence-corrected chi connectivity index (χ0v) is 23.4. The van der Waals surface area contributed by atoms with Gasteiger partial charge in [0.25, 0.3) is 0 Å². The van der Waals surface area contributed by atoms with Gasteiger partial charge in [-0.2, -0.15) is 0 Å². The summed E-state index contributed by atoms with van der Waals surface area (Å²) in [6, 6.07) is 56.9. The van der Waals surface area contributed by atoms with Gasteiger partial charge in [0.2, 0.25) is 0 Å². The predicted octanol–water partition coefficient (Wildman–Crippen LogP) is 12.0.